The molecule has 0 aromatic carbocycles. The SMILES string of the molecule is CCN(CC)C(=O)C[C@H]1c2nc(NC(=O)COC)sc2C[C@H]2[C@](C)(CO)[C@H](O)CC[C@]21C. The summed E-state index contributed by atoms with van der Waals surface area (Å²) in [4.78, 5) is 32.9. The molecule has 180 valence electrons. The molecule has 1 fully saturated rings. The molecule has 0 bridgehead atoms. The van der Waals surface area contributed by atoms with Gasteiger partial charge in [0.1, 0.15) is 6.61 Å². The Kier molecular flexibility index (Phi) is 7.64. The van der Waals surface area contributed by atoms with Gasteiger partial charge in [-0.15, -0.1) is 11.3 Å². The van der Waals surface area contributed by atoms with E-state index in [4.69, 9.17) is 9.72 Å². The van der Waals surface area contributed by atoms with Crippen molar-refractivity contribution in [3.63, 3.8) is 0 Å². The fourth-order valence-corrected chi connectivity index (χ4v) is 6.95. The van der Waals surface area contributed by atoms with E-state index in [-0.39, 0.29) is 42.3 Å². The molecular weight excluding hydrogens is 430 g/mol. The van der Waals surface area contributed by atoms with Crippen LogP contribution in [0.2, 0.25) is 0 Å². The van der Waals surface area contributed by atoms with E-state index in [0.29, 0.717) is 37.5 Å². The molecule has 3 rings (SSSR count). The summed E-state index contributed by atoms with van der Waals surface area (Å²) in [5, 5.41) is 24.5. The Balaban J connectivity index is 2.04. The first-order chi connectivity index (χ1) is 15.1. The van der Waals surface area contributed by atoms with Crippen molar-refractivity contribution in [2.45, 2.75) is 65.4 Å². The molecule has 2 aliphatic carbocycles. The first-order valence-electron chi connectivity index (χ1n) is 11.5. The third-order valence-electron chi connectivity index (χ3n) is 7.91. The van der Waals surface area contributed by atoms with Crippen LogP contribution in [-0.2, 0) is 20.7 Å². The summed E-state index contributed by atoms with van der Waals surface area (Å²) < 4.78 is 4.91. The number of amides is 2. The first-order valence-corrected chi connectivity index (χ1v) is 12.3. The summed E-state index contributed by atoms with van der Waals surface area (Å²) in [7, 11) is 1.47. The highest BCUT2D eigenvalue weighted by Crippen LogP contribution is 2.62. The molecule has 32 heavy (non-hydrogen) atoms. The maximum absolute atomic E-state index is 13.2. The van der Waals surface area contributed by atoms with Crippen LogP contribution in [0.4, 0.5) is 5.13 Å². The van der Waals surface area contributed by atoms with Gasteiger partial charge in [0.15, 0.2) is 5.13 Å². The smallest absolute Gasteiger partial charge is 0.252 e. The molecule has 0 saturated heterocycles. The molecule has 2 amide bonds. The van der Waals surface area contributed by atoms with Crippen molar-refractivity contribution >= 4 is 28.3 Å². The second-order valence-electron chi connectivity index (χ2n) is 9.61. The lowest BCUT2D eigenvalue weighted by atomic mass is 9.47. The van der Waals surface area contributed by atoms with Crippen molar-refractivity contribution in [1.29, 1.82) is 0 Å². The lowest BCUT2D eigenvalue weighted by Crippen LogP contribution is -2.57. The van der Waals surface area contributed by atoms with Crippen molar-refractivity contribution < 1.29 is 24.5 Å². The topological polar surface area (TPSA) is 112 Å². The molecule has 0 radical (unpaired) electrons. The van der Waals surface area contributed by atoms with Gasteiger partial charge in [-0.2, -0.15) is 0 Å². The minimum absolute atomic E-state index is 0.00581. The van der Waals surface area contributed by atoms with Crippen LogP contribution in [0.3, 0.4) is 0 Å². The molecule has 1 saturated carbocycles. The number of hydrogen-bond acceptors (Lipinski definition) is 7. The van der Waals surface area contributed by atoms with Gasteiger partial charge in [-0.25, -0.2) is 4.98 Å². The molecule has 5 atom stereocenters. The van der Waals surface area contributed by atoms with E-state index in [0.717, 1.165) is 17.0 Å². The zero-order valence-corrected chi connectivity index (χ0v) is 20.6. The van der Waals surface area contributed by atoms with Crippen LogP contribution in [0.15, 0.2) is 0 Å². The molecule has 8 nitrogen and oxygen atoms in total. The zero-order chi connectivity index (χ0) is 23.7. The molecular formula is C23H37N3O5S. The molecule has 2 aliphatic rings. The minimum atomic E-state index is -0.662. The Bertz CT molecular complexity index is 842. The number of hydrogen-bond donors (Lipinski definition) is 3. The quantitative estimate of drug-likeness (QED) is 0.541. The van der Waals surface area contributed by atoms with Gasteiger partial charge in [-0.3, -0.25) is 14.9 Å². The fraction of sp³-hybridized carbons (Fsp3) is 0.783. The predicted octanol–water partition coefficient (Wildman–Crippen LogP) is 2.40. The number of fused-ring (bicyclic) bond motifs is 2. The molecule has 0 spiro atoms. The predicted molar refractivity (Wildman–Crippen MR) is 124 cm³/mol. The molecule has 9 heteroatoms. The highest BCUT2D eigenvalue weighted by Gasteiger charge is 2.59. The van der Waals surface area contributed by atoms with Gasteiger partial charge in [-0.05, 0) is 44.4 Å². The molecule has 1 heterocycles. The third-order valence-corrected chi connectivity index (χ3v) is 8.92. The Labute approximate surface area is 194 Å². The number of ether oxygens (including phenoxy) is 1. The zero-order valence-electron chi connectivity index (χ0n) is 19.8. The lowest BCUT2D eigenvalue weighted by molar-refractivity contribution is -0.147. The van der Waals surface area contributed by atoms with Crippen molar-refractivity contribution in [2.24, 2.45) is 16.7 Å². The van der Waals surface area contributed by atoms with Gasteiger partial charge < -0.3 is 19.8 Å². The number of anilines is 1. The average molecular weight is 468 g/mol. The first kappa shape index (κ1) is 25.1. The lowest BCUT2D eigenvalue weighted by Gasteiger charge is -2.58. The number of methoxy groups -OCH3 is 1. The van der Waals surface area contributed by atoms with E-state index < -0.39 is 11.5 Å². The van der Waals surface area contributed by atoms with Crippen LogP contribution in [-0.4, -0.2) is 71.4 Å². The monoisotopic (exact) mass is 467 g/mol. The van der Waals surface area contributed by atoms with E-state index in [2.05, 4.69) is 12.2 Å². The standard InChI is InChI=1S/C23H37N3O5S/c1-6-26(7-2)19(30)10-14-20-15(32-21(25-20)24-18(29)12-31-5)11-16-22(14,3)9-8-17(28)23(16,4)13-27/h14,16-17,27-28H,6-13H2,1-5H3,(H,24,25,29)/t14-,16+,17+,22-,23-/m0/s1. The molecule has 0 unspecified atom stereocenters. The van der Waals surface area contributed by atoms with E-state index in [1.54, 1.807) is 0 Å². The number of carbonyl (C=O) groups excluding carboxylic acids is 2. The summed E-state index contributed by atoms with van der Waals surface area (Å²) in [5.74, 6) is -0.336. The summed E-state index contributed by atoms with van der Waals surface area (Å²) in [6.45, 7) is 9.23. The fourth-order valence-electron chi connectivity index (χ4n) is 5.87. The van der Waals surface area contributed by atoms with E-state index >= 15 is 0 Å². The molecule has 1 aromatic rings. The van der Waals surface area contributed by atoms with Gasteiger partial charge in [0, 0.05) is 42.8 Å². The van der Waals surface area contributed by atoms with Gasteiger partial charge in [0.25, 0.3) is 5.91 Å². The number of thiazole rings is 1. The van der Waals surface area contributed by atoms with Gasteiger partial charge in [0.2, 0.25) is 5.91 Å². The third kappa shape index (κ3) is 4.32. The van der Waals surface area contributed by atoms with E-state index in [1.165, 1.54) is 18.4 Å². The maximum atomic E-state index is 13.2. The van der Waals surface area contributed by atoms with Crippen molar-refractivity contribution in [1.82, 2.24) is 9.88 Å². The number of aromatic nitrogens is 1. The summed E-state index contributed by atoms with van der Waals surface area (Å²) in [6, 6.07) is 0. The van der Waals surface area contributed by atoms with Gasteiger partial charge >= 0.3 is 0 Å². The van der Waals surface area contributed by atoms with Gasteiger partial charge in [-0.1, -0.05) is 13.8 Å². The summed E-state index contributed by atoms with van der Waals surface area (Å²) >= 11 is 1.42. The highest BCUT2D eigenvalue weighted by molar-refractivity contribution is 7.15. The van der Waals surface area contributed by atoms with E-state index in [9.17, 15) is 19.8 Å². The van der Waals surface area contributed by atoms with Crippen LogP contribution < -0.4 is 5.32 Å². The van der Waals surface area contributed by atoms with Crippen molar-refractivity contribution in [3.8, 4) is 0 Å². The number of rotatable bonds is 8. The number of nitrogens with zero attached hydrogens (tertiary/aromatic N) is 2. The summed E-state index contributed by atoms with van der Waals surface area (Å²) in [5.41, 5.74) is -0.0855. The van der Waals surface area contributed by atoms with Crippen LogP contribution in [0.25, 0.3) is 0 Å². The van der Waals surface area contributed by atoms with Crippen LogP contribution >= 0.6 is 11.3 Å². The van der Waals surface area contributed by atoms with Crippen molar-refractivity contribution in [3.05, 3.63) is 10.6 Å². The normalized spacial score (nSPS) is 31.5. The second kappa shape index (κ2) is 9.75. The average Bonchev–Trinajstić information content (AvgIpc) is 3.15. The second-order valence-corrected chi connectivity index (χ2v) is 10.7. The molecule has 0 aliphatic heterocycles. The van der Waals surface area contributed by atoms with Crippen LogP contribution in [0, 0.1) is 16.7 Å². The van der Waals surface area contributed by atoms with Crippen molar-refractivity contribution in [2.75, 3.05) is 38.7 Å². The maximum Gasteiger partial charge on any atom is 0.252 e. The Morgan fingerprint density at radius 1 is 1.31 bits per heavy atom. The summed E-state index contributed by atoms with van der Waals surface area (Å²) in [6.07, 6.45) is 1.73. The number of carbonyl (C=O) groups is 2. The highest BCUT2D eigenvalue weighted by atomic mass is 32.1. The molecule has 3 N–H and O–H groups in total. The van der Waals surface area contributed by atoms with E-state index in [1.807, 2.05) is 25.7 Å². The number of nitrogens with one attached hydrogen (secondary N) is 1. The van der Waals surface area contributed by atoms with Crippen LogP contribution in [0.5, 0.6) is 0 Å². The number of aliphatic hydroxyl groups excluding tert-OH is 2. The molecule has 1 aromatic heterocycles. The number of aliphatic hydroxyl groups is 2. The van der Waals surface area contributed by atoms with Crippen LogP contribution in [0.1, 0.15) is 63.4 Å². The largest absolute Gasteiger partial charge is 0.396 e. The minimum Gasteiger partial charge on any atom is -0.396 e. The Hall–Kier alpha value is -1.55. The Morgan fingerprint density at radius 3 is 2.59 bits per heavy atom. The van der Waals surface area contributed by atoms with Gasteiger partial charge in [0.05, 0.1) is 18.4 Å². The Morgan fingerprint density at radius 2 is 2.00 bits per heavy atom.